The Morgan fingerprint density at radius 2 is 2.10 bits per heavy atom. The Morgan fingerprint density at radius 3 is 2.57 bits per heavy atom. The number of nitrogens with zero attached hydrogens (tertiary/aromatic N) is 1. The molecule has 0 radical (unpaired) electrons. The highest BCUT2D eigenvalue weighted by Crippen LogP contribution is 2.27. The van der Waals surface area contributed by atoms with Crippen LogP contribution in [0.5, 0.6) is 0 Å². The van der Waals surface area contributed by atoms with Crippen LogP contribution in [0.25, 0.3) is 0 Å². The lowest BCUT2D eigenvalue weighted by Crippen LogP contribution is -2.40. The van der Waals surface area contributed by atoms with Crippen molar-refractivity contribution in [2.75, 3.05) is 19.6 Å². The molecule has 1 rings (SSSR count). The summed E-state index contributed by atoms with van der Waals surface area (Å²) < 4.78 is 29.8. The first-order valence-electron chi connectivity index (χ1n) is 6.86. The Bertz CT molecular complexity index is 485. The van der Waals surface area contributed by atoms with E-state index >= 15 is 0 Å². The average Bonchev–Trinajstić information content (AvgIpc) is 2.72. The van der Waals surface area contributed by atoms with E-state index in [1.807, 2.05) is 6.92 Å². The van der Waals surface area contributed by atoms with Crippen molar-refractivity contribution in [1.82, 2.24) is 10.6 Å². The Hall–Kier alpha value is -1.63. The number of furan rings is 1. The largest absolute Gasteiger partial charge is 0.466 e. The Morgan fingerprint density at radius 1 is 1.43 bits per heavy atom. The lowest BCUT2D eigenvalue weighted by molar-refractivity contribution is 0.0656. The molecule has 0 spiro atoms. The fourth-order valence-corrected chi connectivity index (χ4v) is 2.00. The van der Waals surface area contributed by atoms with Crippen molar-refractivity contribution in [1.29, 1.82) is 0 Å². The zero-order chi connectivity index (χ0) is 16.0. The fourth-order valence-electron chi connectivity index (χ4n) is 2.00. The van der Waals surface area contributed by atoms with Gasteiger partial charge in [0.05, 0.1) is 13.1 Å². The summed E-state index contributed by atoms with van der Waals surface area (Å²) in [7, 11) is 0. The predicted molar refractivity (Wildman–Crippen MR) is 77.7 cm³/mol. The molecular weight excluding hydrogens is 280 g/mol. The van der Waals surface area contributed by atoms with Gasteiger partial charge in [0, 0.05) is 12.1 Å². The maximum absolute atomic E-state index is 12.2. The molecule has 0 saturated heterocycles. The first-order chi connectivity index (χ1) is 9.76. The van der Waals surface area contributed by atoms with Crippen molar-refractivity contribution < 1.29 is 18.3 Å². The van der Waals surface area contributed by atoms with Gasteiger partial charge < -0.3 is 20.2 Å². The molecule has 0 aliphatic heterocycles. The highest BCUT2D eigenvalue weighted by molar-refractivity contribution is 5.79. The molecular formula is C14H23F2N3O2. The van der Waals surface area contributed by atoms with Gasteiger partial charge in [-0.2, -0.15) is 0 Å². The minimum atomic E-state index is -2.46. The average molecular weight is 303 g/mol. The van der Waals surface area contributed by atoms with Crippen LogP contribution in [0.15, 0.2) is 15.5 Å². The third-order valence-electron chi connectivity index (χ3n) is 2.93. The summed E-state index contributed by atoms with van der Waals surface area (Å²) in [6.45, 7) is 7.10. The van der Waals surface area contributed by atoms with Gasteiger partial charge in [-0.1, -0.05) is 0 Å². The Balaban J connectivity index is 2.79. The number of alkyl halides is 2. The molecule has 0 bridgehead atoms. The van der Waals surface area contributed by atoms with Gasteiger partial charge in [-0.3, -0.25) is 0 Å². The normalized spacial score (nSPS) is 15.1. The van der Waals surface area contributed by atoms with Crippen molar-refractivity contribution in [2.24, 2.45) is 4.99 Å². The minimum absolute atomic E-state index is 0.0331. The molecule has 7 heteroatoms. The smallest absolute Gasteiger partial charge is 0.255 e. The highest BCUT2D eigenvalue weighted by atomic mass is 19.3. The lowest BCUT2D eigenvalue weighted by atomic mass is 9.96. The van der Waals surface area contributed by atoms with Gasteiger partial charge in [-0.15, -0.1) is 0 Å². The van der Waals surface area contributed by atoms with E-state index in [9.17, 15) is 13.9 Å². The first-order valence-corrected chi connectivity index (χ1v) is 6.86. The van der Waals surface area contributed by atoms with E-state index in [0.717, 1.165) is 0 Å². The number of halogens is 2. The molecule has 3 N–H and O–H groups in total. The van der Waals surface area contributed by atoms with E-state index in [0.29, 0.717) is 23.6 Å². The predicted octanol–water partition coefficient (Wildman–Crippen LogP) is 1.92. The molecule has 120 valence electrons. The van der Waals surface area contributed by atoms with Crippen molar-refractivity contribution in [3.63, 3.8) is 0 Å². The van der Waals surface area contributed by atoms with Crippen LogP contribution in [-0.4, -0.2) is 37.1 Å². The van der Waals surface area contributed by atoms with Crippen LogP contribution in [0.3, 0.4) is 0 Å². The number of aliphatic imine (C=N–C) groups is 1. The van der Waals surface area contributed by atoms with Gasteiger partial charge in [0.2, 0.25) is 0 Å². The third-order valence-corrected chi connectivity index (χ3v) is 2.93. The van der Waals surface area contributed by atoms with E-state index in [1.165, 1.54) is 0 Å². The second-order valence-electron chi connectivity index (χ2n) is 5.07. The van der Waals surface area contributed by atoms with Crippen LogP contribution in [0.1, 0.15) is 30.9 Å². The molecule has 0 aromatic carbocycles. The van der Waals surface area contributed by atoms with Crippen LogP contribution < -0.4 is 10.6 Å². The second kappa shape index (κ2) is 7.40. The Labute approximate surface area is 123 Å². The van der Waals surface area contributed by atoms with Crippen LogP contribution in [0, 0.1) is 13.8 Å². The van der Waals surface area contributed by atoms with Crippen molar-refractivity contribution >= 4 is 5.96 Å². The maximum atomic E-state index is 12.2. The zero-order valence-corrected chi connectivity index (χ0v) is 12.8. The highest BCUT2D eigenvalue weighted by Gasteiger charge is 2.27. The molecule has 0 amide bonds. The van der Waals surface area contributed by atoms with E-state index in [2.05, 4.69) is 15.6 Å². The van der Waals surface area contributed by atoms with Gasteiger partial charge in [0.15, 0.2) is 5.96 Å². The van der Waals surface area contributed by atoms with Crippen LogP contribution in [-0.2, 0) is 5.60 Å². The summed E-state index contributed by atoms with van der Waals surface area (Å²) >= 11 is 0. The molecule has 1 unspecified atom stereocenters. The number of hydrogen-bond donors (Lipinski definition) is 3. The molecule has 21 heavy (non-hydrogen) atoms. The van der Waals surface area contributed by atoms with Crippen molar-refractivity contribution in [2.45, 2.75) is 39.7 Å². The van der Waals surface area contributed by atoms with E-state index < -0.39 is 18.6 Å². The number of aryl methyl sites for hydroxylation is 2. The standard InChI is InChI=1S/C14H23F2N3O2/c1-5-17-13(18-7-12(15)16)19-8-14(4,20)11-6-9(2)21-10(11)3/h6,12,20H,5,7-8H2,1-4H3,(H2,17,18,19). The summed E-state index contributed by atoms with van der Waals surface area (Å²) in [5.41, 5.74) is -0.580. The molecule has 1 aromatic rings. The number of guanidine groups is 1. The number of hydrogen-bond acceptors (Lipinski definition) is 3. The second-order valence-corrected chi connectivity index (χ2v) is 5.07. The molecule has 0 fully saturated rings. The summed E-state index contributed by atoms with van der Waals surface area (Å²) in [6, 6.07) is 1.75. The number of aliphatic hydroxyl groups is 1. The summed E-state index contributed by atoms with van der Waals surface area (Å²) in [5.74, 6) is 1.57. The van der Waals surface area contributed by atoms with Crippen molar-refractivity contribution in [3.05, 3.63) is 23.2 Å². The maximum Gasteiger partial charge on any atom is 0.255 e. The lowest BCUT2D eigenvalue weighted by Gasteiger charge is -2.21. The zero-order valence-electron chi connectivity index (χ0n) is 12.8. The SMILES string of the molecule is CCNC(=NCC(C)(O)c1cc(C)oc1C)NCC(F)F. The van der Waals surface area contributed by atoms with Gasteiger partial charge in [-0.25, -0.2) is 13.8 Å². The van der Waals surface area contributed by atoms with E-state index in [1.54, 1.807) is 26.8 Å². The molecule has 1 atom stereocenters. The van der Waals surface area contributed by atoms with Crippen LogP contribution in [0.2, 0.25) is 0 Å². The summed E-state index contributed by atoms with van der Waals surface area (Å²) in [4.78, 5) is 4.15. The topological polar surface area (TPSA) is 69.8 Å². The quantitative estimate of drug-likeness (QED) is 0.555. The van der Waals surface area contributed by atoms with Gasteiger partial charge in [0.1, 0.15) is 17.1 Å². The third kappa shape index (κ3) is 5.34. The molecule has 0 saturated carbocycles. The Kier molecular flexibility index (Phi) is 6.14. The van der Waals surface area contributed by atoms with Gasteiger partial charge in [-0.05, 0) is 33.8 Å². The molecule has 0 aliphatic carbocycles. The van der Waals surface area contributed by atoms with Crippen LogP contribution >= 0.6 is 0 Å². The molecule has 0 aliphatic rings. The van der Waals surface area contributed by atoms with E-state index in [-0.39, 0.29) is 12.5 Å². The molecule has 5 nitrogen and oxygen atoms in total. The fraction of sp³-hybridized carbons (Fsp3) is 0.643. The first kappa shape index (κ1) is 17.4. The van der Waals surface area contributed by atoms with Gasteiger partial charge >= 0.3 is 0 Å². The van der Waals surface area contributed by atoms with E-state index in [4.69, 9.17) is 4.42 Å². The molecule has 1 aromatic heterocycles. The van der Waals surface area contributed by atoms with Gasteiger partial charge in [0.25, 0.3) is 6.43 Å². The summed E-state index contributed by atoms with van der Waals surface area (Å²) in [5, 5.41) is 15.9. The minimum Gasteiger partial charge on any atom is -0.466 e. The summed E-state index contributed by atoms with van der Waals surface area (Å²) in [6.07, 6.45) is -2.46. The molecule has 1 heterocycles. The van der Waals surface area contributed by atoms with Crippen LogP contribution in [0.4, 0.5) is 8.78 Å². The van der Waals surface area contributed by atoms with Crippen molar-refractivity contribution in [3.8, 4) is 0 Å². The number of rotatable bonds is 6. The monoisotopic (exact) mass is 303 g/mol. The number of nitrogens with one attached hydrogen (secondary N) is 2.